The van der Waals surface area contributed by atoms with Gasteiger partial charge in [0.1, 0.15) is 0 Å². The predicted octanol–water partition coefficient (Wildman–Crippen LogP) is 0.930. The molecular weight excluding hydrogens is 238 g/mol. The molecule has 19 heavy (non-hydrogen) atoms. The van der Waals surface area contributed by atoms with Gasteiger partial charge < -0.3 is 15.1 Å². The summed E-state index contributed by atoms with van der Waals surface area (Å²) < 4.78 is 0. The van der Waals surface area contributed by atoms with Crippen molar-refractivity contribution in [1.29, 1.82) is 0 Å². The first-order chi connectivity index (χ1) is 9.20. The SMILES string of the molecule is CN1CCC2(CCN(CC3CCCNC3)CC2)C1=O. The van der Waals surface area contributed by atoms with Gasteiger partial charge in [0.15, 0.2) is 0 Å². The van der Waals surface area contributed by atoms with Gasteiger partial charge in [-0.3, -0.25) is 4.79 Å². The van der Waals surface area contributed by atoms with Gasteiger partial charge in [-0.25, -0.2) is 0 Å². The number of rotatable bonds is 2. The van der Waals surface area contributed by atoms with Gasteiger partial charge in [0.2, 0.25) is 5.91 Å². The highest BCUT2D eigenvalue weighted by Crippen LogP contribution is 2.41. The van der Waals surface area contributed by atoms with Crippen molar-refractivity contribution in [3.05, 3.63) is 0 Å². The third kappa shape index (κ3) is 2.65. The second-order valence-electron chi connectivity index (χ2n) is 6.77. The van der Waals surface area contributed by atoms with E-state index >= 15 is 0 Å². The fourth-order valence-corrected chi connectivity index (χ4v) is 4.07. The van der Waals surface area contributed by atoms with Crippen molar-refractivity contribution in [2.75, 3.05) is 46.3 Å². The summed E-state index contributed by atoms with van der Waals surface area (Å²) in [5.41, 5.74) is 0.00998. The van der Waals surface area contributed by atoms with Gasteiger partial charge in [0.25, 0.3) is 0 Å². The minimum absolute atomic E-state index is 0.00998. The van der Waals surface area contributed by atoms with E-state index in [1.807, 2.05) is 11.9 Å². The van der Waals surface area contributed by atoms with Gasteiger partial charge >= 0.3 is 0 Å². The van der Waals surface area contributed by atoms with Gasteiger partial charge in [0.05, 0.1) is 5.41 Å². The molecule has 108 valence electrons. The van der Waals surface area contributed by atoms with Crippen LogP contribution in [0.4, 0.5) is 0 Å². The molecule has 4 nitrogen and oxygen atoms in total. The van der Waals surface area contributed by atoms with Gasteiger partial charge in [-0.1, -0.05) is 0 Å². The molecule has 0 saturated carbocycles. The third-order valence-corrected chi connectivity index (χ3v) is 5.45. The molecule has 0 bridgehead atoms. The normalized spacial score (nSPS) is 32.2. The summed E-state index contributed by atoms with van der Waals surface area (Å²) in [5, 5.41) is 3.50. The summed E-state index contributed by atoms with van der Waals surface area (Å²) in [4.78, 5) is 16.8. The van der Waals surface area contributed by atoms with Crippen molar-refractivity contribution in [3.8, 4) is 0 Å². The van der Waals surface area contributed by atoms with E-state index in [1.54, 1.807) is 0 Å². The maximum Gasteiger partial charge on any atom is 0.228 e. The number of hydrogen-bond donors (Lipinski definition) is 1. The number of nitrogens with zero attached hydrogens (tertiary/aromatic N) is 2. The lowest BCUT2D eigenvalue weighted by Gasteiger charge is -2.39. The Morgan fingerprint density at radius 2 is 2.00 bits per heavy atom. The number of carbonyl (C=O) groups excluding carboxylic acids is 1. The highest BCUT2D eigenvalue weighted by Gasteiger charge is 2.46. The minimum atomic E-state index is 0.00998. The second kappa shape index (κ2) is 5.41. The van der Waals surface area contributed by atoms with Crippen LogP contribution in [0.15, 0.2) is 0 Å². The molecule has 3 aliphatic heterocycles. The Morgan fingerprint density at radius 1 is 1.26 bits per heavy atom. The fourth-order valence-electron chi connectivity index (χ4n) is 4.07. The van der Waals surface area contributed by atoms with E-state index in [0.717, 1.165) is 44.8 Å². The minimum Gasteiger partial charge on any atom is -0.345 e. The van der Waals surface area contributed by atoms with E-state index in [9.17, 15) is 4.79 Å². The van der Waals surface area contributed by atoms with Crippen molar-refractivity contribution >= 4 is 5.91 Å². The predicted molar refractivity (Wildman–Crippen MR) is 76.0 cm³/mol. The van der Waals surface area contributed by atoms with Crippen LogP contribution in [0.3, 0.4) is 0 Å². The van der Waals surface area contributed by atoms with Crippen molar-refractivity contribution < 1.29 is 4.79 Å². The summed E-state index contributed by atoms with van der Waals surface area (Å²) >= 11 is 0. The average Bonchev–Trinajstić information content (AvgIpc) is 2.72. The Hall–Kier alpha value is -0.610. The number of nitrogens with one attached hydrogen (secondary N) is 1. The molecule has 3 heterocycles. The highest BCUT2D eigenvalue weighted by atomic mass is 16.2. The van der Waals surface area contributed by atoms with Crippen LogP contribution in [-0.4, -0.2) is 62.0 Å². The van der Waals surface area contributed by atoms with Crippen LogP contribution in [0.25, 0.3) is 0 Å². The number of hydrogen-bond acceptors (Lipinski definition) is 3. The van der Waals surface area contributed by atoms with Crippen LogP contribution >= 0.6 is 0 Å². The van der Waals surface area contributed by atoms with E-state index in [4.69, 9.17) is 0 Å². The van der Waals surface area contributed by atoms with E-state index in [1.165, 1.54) is 32.5 Å². The topological polar surface area (TPSA) is 35.6 Å². The molecule has 1 unspecified atom stereocenters. The number of likely N-dealkylation sites (tertiary alicyclic amines) is 2. The van der Waals surface area contributed by atoms with Crippen LogP contribution in [0, 0.1) is 11.3 Å². The zero-order valence-corrected chi connectivity index (χ0v) is 12.2. The Bertz CT molecular complexity index is 330. The van der Waals surface area contributed by atoms with Crippen molar-refractivity contribution in [1.82, 2.24) is 15.1 Å². The molecule has 0 aromatic rings. The lowest BCUT2D eigenvalue weighted by Crippen LogP contribution is -2.47. The molecule has 3 saturated heterocycles. The molecular formula is C15H27N3O. The largest absolute Gasteiger partial charge is 0.345 e. The summed E-state index contributed by atoms with van der Waals surface area (Å²) in [5.74, 6) is 1.23. The zero-order valence-electron chi connectivity index (χ0n) is 12.2. The maximum atomic E-state index is 12.3. The molecule has 1 amide bonds. The van der Waals surface area contributed by atoms with Gasteiger partial charge in [0, 0.05) is 20.1 Å². The number of piperidine rings is 2. The van der Waals surface area contributed by atoms with Crippen molar-refractivity contribution in [2.24, 2.45) is 11.3 Å². The van der Waals surface area contributed by atoms with Gasteiger partial charge in [-0.2, -0.15) is 0 Å². The fraction of sp³-hybridized carbons (Fsp3) is 0.933. The Balaban J connectivity index is 1.50. The summed E-state index contributed by atoms with van der Waals surface area (Å²) in [6, 6.07) is 0. The zero-order chi connectivity index (χ0) is 13.3. The van der Waals surface area contributed by atoms with E-state index in [0.29, 0.717) is 5.91 Å². The van der Waals surface area contributed by atoms with Crippen molar-refractivity contribution in [3.63, 3.8) is 0 Å². The first-order valence-electron chi connectivity index (χ1n) is 7.88. The Kier molecular flexibility index (Phi) is 3.81. The molecule has 1 N–H and O–H groups in total. The van der Waals surface area contributed by atoms with Crippen LogP contribution in [-0.2, 0) is 4.79 Å². The summed E-state index contributed by atoms with van der Waals surface area (Å²) in [7, 11) is 1.96. The molecule has 1 spiro atoms. The van der Waals surface area contributed by atoms with Crippen LogP contribution < -0.4 is 5.32 Å². The number of amides is 1. The molecule has 0 aliphatic carbocycles. The molecule has 0 aromatic heterocycles. The van der Waals surface area contributed by atoms with E-state index < -0.39 is 0 Å². The summed E-state index contributed by atoms with van der Waals surface area (Å²) in [6.07, 6.45) is 5.94. The van der Waals surface area contributed by atoms with Crippen LogP contribution in [0.5, 0.6) is 0 Å². The first kappa shape index (κ1) is 13.4. The first-order valence-corrected chi connectivity index (χ1v) is 7.88. The van der Waals surface area contributed by atoms with E-state index in [-0.39, 0.29) is 5.41 Å². The molecule has 3 rings (SSSR count). The third-order valence-electron chi connectivity index (χ3n) is 5.45. The maximum absolute atomic E-state index is 12.3. The van der Waals surface area contributed by atoms with Crippen molar-refractivity contribution in [2.45, 2.75) is 32.1 Å². The lowest BCUT2D eigenvalue weighted by molar-refractivity contribution is -0.137. The lowest BCUT2D eigenvalue weighted by atomic mass is 9.77. The molecule has 4 heteroatoms. The smallest absolute Gasteiger partial charge is 0.228 e. The van der Waals surface area contributed by atoms with Gasteiger partial charge in [-0.15, -0.1) is 0 Å². The van der Waals surface area contributed by atoms with Crippen LogP contribution in [0.1, 0.15) is 32.1 Å². The molecule has 3 fully saturated rings. The molecule has 3 aliphatic rings. The average molecular weight is 265 g/mol. The van der Waals surface area contributed by atoms with Gasteiger partial charge in [-0.05, 0) is 64.2 Å². The quantitative estimate of drug-likeness (QED) is 0.807. The standard InChI is InChI=1S/C15H27N3O/c1-17-8-4-15(14(17)19)5-9-18(10-6-15)12-13-3-2-7-16-11-13/h13,16H,2-12H2,1H3. The van der Waals surface area contributed by atoms with E-state index in [2.05, 4.69) is 10.2 Å². The number of carbonyl (C=O) groups is 1. The van der Waals surface area contributed by atoms with Crippen LogP contribution in [0.2, 0.25) is 0 Å². The molecule has 0 aromatic carbocycles. The summed E-state index contributed by atoms with van der Waals surface area (Å²) in [6.45, 7) is 6.81. The second-order valence-corrected chi connectivity index (χ2v) is 6.77. The highest BCUT2D eigenvalue weighted by molar-refractivity contribution is 5.84. The molecule has 1 atom stereocenters. The monoisotopic (exact) mass is 265 g/mol. The Morgan fingerprint density at radius 3 is 2.58 bits per heavy atom. The Labute approximate surface area is 116 Å². The molecule has 0 radical (unpaired) electrons.